The van der Waals surface area contributed by atoms with E-state index in [1.54, 1.807) is 0 Å². The molecule has 0 aliphatic carbocycles. The summed E-state index contributed by atoms with van der Waals surface area (Å²) in [4.78, 5) is 2.31. The van der Waals surface area contributed by atoms with E-state index in [2.05, 4.69) is 49.0 Å². The number of nitrogens with one attached hydrogen (secondary N) is 1. The van der Waals surface area contributed by atoms with Crippen molar-refractivity contribution in [2.75, 3.05) is 25.5 Å². The monoisotopic (exact) mass is 230 g/mol. The van der Waals surface area contributed by atoms with Crippen molar-refractivity contribution in [2.45, 2.75) is 26.3 Å². The van der Waals surface area contributed by atoms with Gasteiger partial charge in [0, 0.05) is 25.3 Å². The molecule has 2 rings (SSSR count). The molecule has 1 aromatic rings. The van der Waals surface area contributed by atoms with E-state index < -0.39 is 0 Å². The Kier molecular flexibility index (Phi) is 3.85. The van der Waals surface area contributed by atoms with E-state index in [1.807, 2.05) is 0 Å². The molecule has 92 valence electrons. The first kappa shape index (κ1) is 12.2. The lowest BCUT2D eigenvalue weighted by Gasteiger charge is -2.21. The van der Waals surface area contributed by atoms with Crippen LogP contribution in [0.3, 0.4) is 0 Å². The van der Waals surface area contributed by atoms with Crippen LogP contribution in [0.2, 0.25) is 0 Å². The number of anilines is 1. The maximum absolute atomic E-state index is 3.96. The molecule has 0 aromatic heterocycles. The fourth-order valence-electron chi connectivity index (χ4n) is 2.45. The highest BCUT2D eigenvalue weighted by molar-refractivity contribution is 5.54. The zero-order valence-electron chi connectivity index (χ0n) is 10.9. The van der Waals surface area contributed by atoms with E-state index in [9.17, 15) is 0 Å². The van der Waals surface area contributed by atoms with Gasteiger partial charge in [-0.1, -0.05) is 24.3 Å². The normalized spacial score (nSPS) is 14.3. The van der Waals surface area contributed by atoms with E-state index in [0.29, 0.717) is 0 Å². The summed E-state index contributed by atoms with van der Waals surface area (Å²) in [6.45, 7) is 9.11. The van der Waals surface area contributed by atoms with Gasteiger partial charge in [0.1, 0.15) is 0 Å². The third-order valence-corrected chi connectivity index (χ3v) is 3.10. The van der Waals surface area contributed by atoms with Crippen molar-refractivity contribution in [3.05, 3.63) is 41.5 Å². The van der Waals surface area contributed by atoms with E-state index >= 15 is 0 Å². The van der Waals surface area contributed by atoms with Crippen molar-refractivity contribution in [1.82, 2.24) is 4.90 Å². The minimum Gasteiger partial charge on any atom is -0.385 e. The van der Waals surface area contributed by atoms with Crippen molar-refractivity contribution in [1.29, 1.82) is 0 Å². The van der Waals surface area contributed by atoms with Crippen LogP contribution in [0, 0.1) is 0 Å². The topological polar surface area (TPSA) is 15.3 Å². The van der Waals surface area contributed by atoms with Crippen molar-refractivity contribution in [3.63, 3.8) is 0 Å². The Bertz CT molecular complexity index is 409. The average Bonchev–Trinajstić information content (AvgIpc) is 2.27. The molecule has 0 saturated carbocycles. The molecular weight excluding hydrogens is 208 g/mol. The summed E-state index contributed by atoms with van der Waals surface area (Å²) >= 11 is 0. The van der Waals surface area contributed by atoms with Crippen molar-refractivity contribution in [3.8, 4) is 0 Å². The van der Waals surface area contributed by atoms with Gasteiger partial charge in [0.2, 0.25) is 0 Å². The van der Waals surface area contributed by atoms with Gasteiger partial charge in [0.15, 0.2) is 0 Å². The molecule has 0 bridgehead atoms. The number of fused-ring (bicyclic) bond motifs is 1. The molecule has 1 aromatic carbocycles. The second-order valence-electron chi connectivity index (χ2n) is 5.15. The van der Waals surface area contributed by atoms with Crippen molar-refractivity contribution in [2.24, 2.45) is 0 Å². The van der Waals surface area contributed by atoms with Crippen LogP contribution in [0.5, 0.6) is 0 Å². The highest BCUT2D eigenvalue weighted by Gasteiger charge is 2.09. The smallest absolute Gasteiger partial charge is 0.0372 e. The maximum Gasteiger partial charge on any atom is 0.0372 e. The summed E-state index contributed by atoms with van der Waals surface area (Å²) in [5, 5.41) is 3.45. The summed E-state index contributed by atoms with van der Waals surface area (Å²) in [7, 11) is 2.15. The Morgan fingerprint density at radius 1 is 1.47 bits per heavy atom. The third kappa shape index (κ3) is 3.34. The summed E-state index contributed by atoms with van der Waals surface area (Å²) in [6.07, 6.45) is 2.46. The summed E-state index contributed by atoms with van der Waals surface area (Å²) < 4.78 is 0. The number of likely N-dealkylation sites (N-methyl/N-ethyl adjacent to an activating group) is 1. The molecule has 0 radical (unpaired) electrons. The lowest BCUT2D eigenvalue weighted by molar-refractivity contribution is 0.355. The molecule has 1 aliphatic heterocycles. The van der Waals surface area contributed by atoms with Crippen molar-refractivity contribution < 1.29 is 0 Å². The average molecular weight is 230 g/mol. The predicted molar refractivity (Wildman–Crippen MR) is 74.4 cm³/mol. The molecule has 0 saturated heterocycles. The van der Waals surface area contributed by atoms with Crippen LogP contribution < -0.4 is 5.32 Å². The molecule has 0 spiro atoms. The summed E-state index contributed by atoms with van der Waals surface area (Å²) in [6, 6.07) is 6.79. The summed E-state index contributed by atoms with van der Waals surface area (Å²) in [5.74, 6) is 0. The highest BCUT2D eigenvalue weighted by atomic mass is 15.1. The van der Waals surface area contributed by atoms with Gasteiger partial charge in [-0.05, 0) is 44.0 Å². The first-order chi connectivity index (χ1) is 8.15. The van der Waals surface area contributed by atoms with E-state index in [4.69, 9.17) is 0 Å². The summed E-state index contributed by atoms with van der Waals surface area (Å²) in [5.41, 5.74) is 5.41. The number of aryl methyl sites for hydroxylation is 1. The van der Waals surface area contributed by atoms with Crippen LogP contribution >= 0.6 is 0 Å². The highest BCUT2D eigenvalue weighted by Crippen LogP contribution is 2.23. The van der Waals surface area contributed by atoms with Crippen LogP contribution in [0.25, 0.3) is 0 Å². The Morgan fingerprint density at radius 3 is 3.06 bits per heavy atom. The number of hydrogen-bond donors (Lipinski definition) is 1. The minimum absolute atomic E-state index is 0.968. The molecule has 1 heterocycles. The molecule has 0 amide bonds. The van der Waals surface area contributed by atoms with E-state index in [-0.39, 0.29) is 0 Å². The standard InChI is InChI=1S/C15H22N2/c1-12(2)10-17(3)11-13-6-7-15-14(9-13)5-4-8-16-15/h6-7,9,16H,1,4-5,8,10-11H2,2-3H3. The number of rotatable bonds is 4. The quantitative estimate of drug-likeness (QED) is 0.800. The first-order valence-electron chi connectivity index (χ1n) is 6.34. The van der Waals surface area contributed by atoms with Crippen LogP contribution in [-0.2, 0) is 13.0 Å². The lowest BCUT2D eigenvalue weighted by atomic mass is 10.0. The number of hydrogen-bond acceptors (Lipinski definition) is 2. The first-order valence-corrected chi connectivity index (χ1v) is 6.34. The van der Waals surface area contributed by atoms with Crippen LogP contribution in [0.15, 0.2) is 30.4 Å². The molecule has 0 unspecified atom stereocenters. The zero-order chi connectivity index (χ0) is 12.3. The lowest BCUT2D eigenvalue weighted by Crippen LogP contribution is -2.20. The van der Waals surface area contributed by atoms with Gasteiger partial charge in [0.05, 0.1) is 0 Å². The molecule has 17 heavy (non-hydrogen) atoms. The fraction of sp³-hybridized carbons (Fsp3) is 0.467. The van der Waals surface area contributed by atoms with Gasteiger partial charge in [-0.3, -0.25) is 4.90 Å². The van der Waals surface area contributed by atoms with Gasteiger partial charge in [-0.2, -0.15) is 0 Å². The van der Waals surface area contributed by atoms with Gasteiger partial charge in [-0.25, -0.2) is 0 Å². The molecule has 2 nitrogen and oxygen atoms in total. The largest absolute Gasteiger partial charge is 0.385 e. The Hall–Kier alpha value is -1.28. The van der Waals surface area contributed by atoms with E-state index in [1.165, 1.54) is 35.2 Å². The predicted octanol–water partition coefficient (Wildman–Crippen LogP) is 3.05. The fourth-order valence-corrected chi connectivity index (χ4v) is 2.45. The second-order valence-corrected chi connectivity index (χ2v) is 5.15. The Balaban J connectivity index is 2.04. The third-order valence-electron chi connectivity index (χ3n) is 3.10. The van der Waals surface area contributed by atoms with Crippen LogP contribution in [0.1, 0.15) is 24.5 Å². The molecule has 1 N–H and O–H groups in total. The molecule has 0 fully saturated rings. The zero-order valence-corrected chi connectivity index (χ0v) is 10.9. The van der Waals surface area contributed by atoms with Crippen molar-refractivity contribution >= 4 is 5.69 Å². The molecule has 1 aliphatic rings. The SMILES string of the molecule is C=C(C)CN(C)Cc1ccc2c(c1)CCCN2. The van der Waals surface area contributed by atoms with Crippen LogP contribution in [-0.4, -0.2) is 25.0 Å². The van der Waals surface area contributed by atoms with E-state index in [0.717, 1.165) is 19.6 Å². The Labute approximate surface area is 104 Å². The van der Waals surface area contributed by atoms with Gasteiger partial charge < -0.3 is 5.32 Å². The number of benzene rings is 1. The maximum atomic E-state index is 3.96. The molecule has 2 heteroatoms. The van der Waals surface area contributed by atoms with Gasteiger partial charge in [0.25, 0.3) is 0 Å². The second kappa shape index (κ2) is 5.37. The Morgan fingerprint density at radius 2 is 2.29 bits per heavy atom. The van der Waals surface area contributed by atoms with Gasteiger partial charge in [-0.15, -0.1) is 0 Å². The minimum atomic E-state index is 0.968. The number of nitrogens with zero attached hydrogens (tertiary/aromatic N) is 1. The van der Waals surface area contributed by atoms with Gasteiger partial charge >= 0.3 is 0 Å². The van der Waals surface area contributed by atoms with Crippen LogP contribution in [0.4, 0.5) is 5.69 Å². The molecule has 0 atom stereocenters. The molecular formula is C15H22N2.